The fourth-order valence-electron chi connectivity index (χ4n) is 2.57. The van der Waals surface area contributed by atoms with Crippen molar-refractivity contribution in [2.24, 2.45) is 5.73 Å². The molecule has 1 aliphatic rings. The molecule has 0 saturated carbocycles. The second-order valence-electron chi connectivity index (χ2n) is 4.86. The first-order chi connectivity index (χ1) is 12.6. The third kappa shape index (κ3) is 3.78. The van der Waals surface area contributed by atoms with E-state index < -0.39 is 24.5 Å². The molecule has 2 heterocycles. The van der Waals surface area contributed by atoms with E-state index in [9.17, 15) is 19.2 Å². The van der Waals surface area contributed by atoms with Gasteiger partial charge in [0.15, 0.2) is 18.4 Å². The summed E-state index contributed by atoms with van der Waals surface area (Å²) in [5.74, 6) is 0.0822. The summed E-state index contributed by atoms with van der Waals surface area (Å²) < 4.78 is 21.5. The average Bonchev–Trinajstić information content (AvgIpc) is 3.17. The van der Waals surface area contributed by atoms with E-state index in [4.69, 9.17) is 32.2 Å². The molecule has 1 aromatic rings. The lowest BCUT2D eigenvalue weighted by molar-refractivity contribution is -0.152. The Kier molecular flexibility index (Phi) is 6.57. The van der Waals surface area contributed by atoms with Crippen molar-refractivity contribution in [3.63, 3.8) is 0 Å². The van der Waals surface area contributed by atoms with Crippen LogP contribution in [0.5, 0.6) is 0 Å². The number of rotatable bonds is 11. The van der Waals surface area contributed by atoms with Gasteiger partial charge in [-0.1, -0.05) is 12.2 Å². The van der Waals surface area contributed by atoms with E-state index in [1.165, 1.54) is 10.9 Å². The topological polar surface area (TPSA) is 161 Å². The second-order valence-corrected chi connectivity index (χ2v) is 5.30. The number of amides is 1. The van der Waals surface area contributed by atoms with E-state index in [1.807, 2.05) is 0 Å². The predicted octanol–water partition coefficient (Wildman–Crippen LogP) is -1.76. The van der Waals surface area contributed by atoms with Gasteiger partial charge in [-0.25, -0.2) is 4.98 Å². The van der Waals surface area contributed by atoms with Crippen LogP contribution in [0.4, 0.5) is 5.82 Å². The number of carbonyl (C=O) groups is 4. The monoisotopic (exact) mass is 386 g/mol. The molecule has 1 aliphatic heterocycles. The van der Waals surface area contributed by atoms with Gasteiger partial charge in [-0.05, 0) is 0 Å². The number of hydrogen-bond acceptors (Lipinski definition) is 10. The Hall–Kier alpha value is -3.06. The normalized spacial score (nSPS) is 24.3. The number of ether oxygens (including phenoxy) is 4. The Labute approximate surface area is 151 Å². The molecule has 0 unspecified atom stereocenters. The molecule has 0 spiro atoms. The second kappa shape index (κ2) is 8.87. The molecule has 3 N–H and O–H groups in total. The highest BCUT2D eigenvalue weighted by molar-refractivity contribution is 7.80. The van der Waals surface area contributed by atoms with Gasteiger partial charge in [0.1, 0.15) is 29.2 Å². The lowest BCUT2D eigenvalue weighted by atomic mass is 10.1. The number of anilines is 1. The molecule has 1 saturated heterocycles. The predicted molar refractivity (Wildman–Crippen MR) is 85.6 cm³/mol. The van der Waals surface area contributed by atoms with Crippen molar-refractivity contribution in [1.82, 2.24) is 9.55 Å². The molecule has 12 nitrogen and oxygen atoms in total. The van der Waals surface area contributed by atoms with Crippen LogP contribution in [0.2, 0.25) is 0 Å². The molecule has 1 fully saturated rings. The van der Waals surface area contributed by atoms with Gasteiger partial charge in [-0.15, -0.1) is 0 Å². The summed E-state index contributed by atoms with van der Waals surface area (Å²) in [6.07, 6.45) is -2.62. The number of hydrogen-bond donors (Lipinski definition) is 2. The SMILES string of the molecule is NC(=S)c1ncn([C@H]2O[C@@H](COC=O)[C@@H](OC=O)[C@@H]2OC=O)c1NC=O. The zero-order chi connectivity index (χ0) is 19.1. The molecule has 0 radical (unpaired) electrons. The average molecular weight is 386 g/mol. The molecule has 4 atom stereocenters. The summed E-state index contributed by atoms with van der Waals surface area (Å²) in [5.41, 5.74) is 5.66. The van der Waals surface area contributed by atoms with Gasteiger partial charge in [0.2, 0.25) is 6.41 Å². The molecule has 140 valence electrons. The number of aromatic nitrogens is 2. The van der Waals surface area contributed by atoms with Crippen molar-refractivity contribution < 1.29 is 38.1 Å². The molecule has 1 amide bonds. The van der Waals surface area contributed by atoms with E-state index in [0.717, 1.165) is 0 Å². The molecule has 0 aromatic carbocycles. The van der Waals surface area contributed by atoms with Gasteiger partial charge < -0.3 is 30.0 Å². The third-order valence-corrected chi connectivity index (χ3v) is 3.73. The number of nitrogens with two attached hydrogens (primary N) is 1. The van der Waals surface area contributed by atoms with Crippen molar-refractivity contribution in [3.8, 4) is 0 Å². The Balaban J connectivity index is 2.43. The fourth-order valence-corrected chi connectivity index (χ4v) is 2.72. The quantitative estimate of drug-likeness (QED) is 0.252. The van der Waals surface area contributed by atoms with Gasteiger partial charge in [-0.3, -0.25) is 23.7 Å². The number of nitrogens with one attached hydrogen (secondary N) is 1. The van der Waals surface area contributed by atoms with Crippen LogP contribution in [0, 0.1) is 0 Å². The van der Waals surface area contributed by atoms with Crippen molar-refractivity contribution in [2.45, 2.75) is 24.5 Å². The smallest absolute Gasteiger partial charge is 0.293 e. The van der Waals surface area contributed by atoms with Gasteiger partial charge >= 0.3 is 0 Å². The molecular weight excluding hydrogens is 372 g/mol. The minimum absolute atomic E-state index is 0.0822. The van der Waals surface area contributed by atoms with Gasteiger partial charge in [0.25, 0.3) is 19.4 Å². The number of carbonyl (C=O) groups excluding carboxylic acids is 4. The van der Waals surface area contributed by atoms with Crippen LogP contribution in [-0.2, 0) is 38.1 Å². The summed E-state index contributed by atoms with van der Waals surface area (Å²) in [5, 5.41) is 2.38. The Morgan fingerprint density at radius 2 is 1.96 bits per heavy atom. The molecule has 0 aliphatic carbocycles. The first-order valence-corrected chi connectivity index (χ1v) is 7.45. The highest BCUT2D eigenvalue weighted by Crippen LogP contribution is 2.36. The lowest BCUT2D eigenvalue weighted by Crippen LogP contribution is -2.38. The number of thiocarbonyl (C=S) groups is 1. The zero-order valence-electron chi connectivity index (χ0n) is 13.0. The Morgan fingerprint density at radius 1 is 1.27 bits per heavy atom. The van der Waals surface area contributed by atoms with Crippen molar-refractivity contribution >= 4 is 48.9 Å². The van der Waals surface area contributed by atoms with Crippen LogP contribution in [0.15, 0.2) is 6.33 Å². The first-order valence-electron chi connectivity index (χ1n) is 7.04. The molecule has 2 rings (SSSR count). The van der Waals surface area contributed by atoms with E-state index in [0.29, 0.717) is 6.41 Å². The lowest BCUT2D eigenvalue weighted by Gasteiger charge is -2.22. The van der Waals surface area contributed by atoms with Crippen LogP contribution < -0.4 is 11.1 Å². The largest absolute Gasteiger partial charge is 0.465 e. The van der Waals surface area contributed by atoms with E-state index in [2.05, 4.69) is 15.0 Å². The van der Waals surface area contributed by atoms with Crippen LogP contribution in [0.1, 0.15) is 11.9 Å². The number of imidazole rings is 1. The molecule has 13 heteroatoms. The van der Waals surface area contributed by atoms with Crippen LogP contribution >= 0.6 is 12.2 Å². The van der Waals surface area contributed by atoms with E-state index in [1.54, 1.807) is 0 Å². The number of nitrogens with zero attached hydrogens (tertiary/aromatic N) is 2. The summed E-state index contributed by atoms with van der Waals surface area (Å²) in [6, 6.07) is 0. The molecule has 1 aromatic heterocycles. The van der Waals surface area contributed by atoms with E-state index >= 15 is 0 Å². The third-order valence-electron chi connectivity index (χ3n) is 3.54. The minimum Gasteiger partial charge on any atom is -0.465 e. The van der Waals surface area contributed by atoms with Crippen molar-refractivity contribution in [3.05, 3.63) is 12.0 Å². The highest BCUT2D eigenvalue weighted by Gasteiger charge is 2.50. The van der Waals surface area contributed by atoms with Crippen LogP contribution in [-0.4, -0.2) is 65.3 Å². The molecule has 0 bridgehead atoms. The summed E-state index contributed by atoms with van der Waals surface area (Å²) >= 11 is 4.87. The molecular formula is C13H14N4O8S. The summed E-state index contributed by atoms with van der Waals surface area (Å²) in [6.45, 7) is 0.199. The van der Waals surface area contributed by atoms with Gasteiger partial charge in [-0.2, -0.15) is 0 Å². The van der Waals surface area contributed by atoms with Gasteiger partial charge in [0, 0.05) is 0 Å². The highest BCUT2D eigenvalue weighted by atomic mass is 32.1. The Bertz CT molecular complexity index is 696. The maximum Gasteiger partial charge on any atom is 0.293 e. The van der Waals surface area contributed by atoms with Gasteiger partial charge in [0.05, 0.1) is 6.33 Å². The van der Waals surface area contributed by atoms with Crippen LogP contribution in [0.25, 0.3) is 0 Å². The standard InChI is InChI=1S/C13H14N4O8S/c14-11(26)8-12(16-3-18)17(2-15-8)13-10(24-6-21)9(23-5-20)7(25-13)1-22-4-19/h2-7,9-10,13H,1H2,(H2,14,26)(H,16,18)/t7-,9+,10-,13-/m0/s1. The van der Waals surface area contributed by atoms with E-state index in [-0.39, 0.29) is 42.5 Å². The Morgan fingerprint density at radius 3 is 2.54 bits per heavy atom. The van der Waals surface area contributed by atoms with Crippen molar-refractivity contribution in [1.29, 1.82) is 0 Å². The maximum atomic E-state index is 10.9. The minimum atomic E-state index is -1.13. The maximum absolute atomic E-state index is 10.9. The molecule has 26 heavy (non-hydrogen) atoms. The summed E-state index contributed by atoms with van der Waals surface area (Å²) in [7, 11) is 0. The fraction of sp³-hybridized carbons (Fsp3) is 0.385. The zero-order valence-corrected chi connectivity index (χ0v) is 13.9. The van der Waals surface area contributed by atoms with Crippen LogP contribution in [0.3, 0.4) is 0 Å². The summed E-state index contributed by atoms with van der Waals surface area (Å²) in [4.78, 5) is 46.9. The van der Waals surface area contributed by atoms with Crippen molar-refractivity contribution in [2.75, 3.05) is 11.9 Å². The first kappa shape index (κ1) is 19.3.